The summed E-state index contributed by atoms with van der Waals surface area (Å²) >= 11 is 0. The number of hydrogen-bond donors (Lipinski definition) is 3. The zero-order valence-electron chi connectivity index (χ0n) is 13.6. The predicted molar refractivity (Wildman–Crippen MR) is 93.8 cm³/mol. The molecule has 0 spiro atoms. The molecule has 3 unspecified atom stereocenters. The molecule has 3 N–H and O–H groups in total. The molecular formula is C17H24ClN5O. The molecule has 4 rings (SSSR count). The van der Waals surface area contributed by atoms with E-state index in [2.05, 4.69) is 50.6 Å². The van der Waals surface area contributed by atoms with Crippen molar-refractivity contribution in [3.8, 4) is 0 Å². The first-order chi connectivity index (χ1) is 11.4. The molecule has 2 aromatic rings. The first-order valence-electron chi connectivity index (χ1n) is 8.46. The fourth-order valence-corrected chi connectivity index (χ4v) is 3.48. The molecule has 7 heteroatoms. The lowest BCUT2D eigenvalue weighted by atomic mass is 9.95. The quantitative estimate of drug-likeness (QED) is 0.764. The fourth-order valence-electron chi connectivity index (χ4n) is 3.48. The molecule has 0 radical (unpaired) electrons. The Balaban J connectivity index is 0.00000169. The minimum atomic E-state index is 0. The molecule has 2 fully saturated rings. The van der Waals surface area contributed by atoms with Crippen LogP contribution in [0.3, 0.4) is 0 Å². The third-order valence-corrected chi connectivity index (χ3v) is 4.86. The Hall–Kier alpha value is -1.47. The molecule has 2 aliphatic rings. The van der Waals surface area contributed by atoms with Gasteiger partial charge in [-0.25, -0.2) is 5.43 Å². The van der Waals surface area contributed by atoms with Crippen molar-refractivity contribution in [2.45, 2.75) is 37.8 Å². The smallest absolute Gasteiger partial charge is 0.245 e. The van der Waals surface area contributed by atoms with E-state index in [0.717, 1.165) is 38.2 Å². The lowest BCUT2D eigenvalue weighted by molar-refractivity contribution is 0.336. The molecule has 0 amide bonds. The fraction of sp³-hybridized carbons (Fsp3) is 0.529. The van der Waals surface area contributed by atoms with Crippen LogP contribution in [-0.4, -0.2) is 29.3 Å². The Morgan fingerprint density at radius 3 is 2.79 bits per heavy atom. The van der Waals surface area contributed by atoms with E-state index in [1.54, 1.807) is 0 Å². The van der Waals surface area contributed by atoms with Crippen LogP contribution in [0.15, 0.2) is 34.9 Å². The lowest BCUT2D eigenvalue weighted by Crippen LogP contribution is -2.36. The summed E-state index contributed by atoms with van der Waals surface area (Å²) < 4.78 is 5.47. The summed E-state index contributed by atoms with van der Waals surface area (Å²) in [4.78, 5) is 4.57. The van der Waals surface area contributed by atoms with E-state index in [1.807, 2.05) is 6.07 Å². The van der Waals surface area contributed by atoms with Gasteiger partial charge in [-0.3, -0.25) is 5.43 Å². The predicted octanol–water partition coefficient (Wildman–Crippen LogP) is 1.79. The molecule has 3 heterocycles. The number of nitrogens with zero attached hydrogens (tertiary/aromatic N) is 2. The normalized spacial score (nSPS) is 26.4. The summed E-state index contributed by atoms with van der Waals surface area (Å²) in [7, 11) is 0. The Bertz CT molecular complexity index is 629. The zero-order valence-corrected chi connectivity index (χ0v) is 14.4. The molecule has 0 saturated carbocycles. The van der Waals surface area contributed by atoms with Crippen molar-refractivity contribution >= 4 is 12.4 Å². The van der Waals surface area contributed by atoms with E-state index in [0.29, 0.717) is 17.9 Å². The van der Waals surface area contributed by atoms with E-state index in [4.69, 9.17) is 4.52 Å². The van der Waals surface area contributed by atoms with Gasteiger partial charge in [-0.1, -0.05) is 35.5 Å². The zero-order chi connectivity index (χ0) is 15.5. The third kappa shape index (κ3) is 3.95. The van der Waals surface area contributed by atoms with Crippen LogP contribution in [0.4, 0.5) is 0 Å². The summed E-state index contributed by atoms with van der Waals surface area (Å²) in [6.07, 6.45) is 3.99. The number of aromatic nitrogens is 2. The minimum absolute atomic E-state index is 0. The number of benzene rings is 1. The highest BCUT2D eigenvalue weighted by Crippen LogP contribution is 2.27. The van der Waals surface area contributed by atoms with Crippen molar-refractivity contribution in [2.75, 3.05) is 13.1 Å². The maximum atomic E-state index is 5.47. The van der Waals surface area contributed by atoms with Crippen molar-refractivity contribution in [3.05, 3.63) is 47.6 Å². The number of halogens is 1. The molecule has 1 aromatic heterocycles. The highest BCUT2D eigenvalue weighted by molar-refractivity contribution is 5.85. The van der Waals surface area contributed by atoms with E-state index >= 15 is 0 Å². The van der Waals surface area contributed by atoms with Gasteiger partial charge in [0.05, 0.1) is 0 Å². The van der Waals surface area contributed by atoms with Crippen LogP contribution in [0.1, 0.15) is 36.2 Å². The minimum Gasteiger partial charge on any atom is -0.338 e. The Morgan fingerprint density at radius 2 is 2.00 bits per heavy atom. The Kier molecular flexibility index (Phi) is 5.84. The number of aryl methyl sites for hydroxylation is 2. The first kappa shape index (κ1) is 17.4. The van der Waals surface area contributed by atoms with Gasteiger partial charge in [-0.2, -0.15) is 4.98 Å². The number of hydrazine groups is 1. The largest absolute Gasteiger partial charge is 0.338 e. The topological polar surface area (TPSA) is 75.0 Å². The van der Waals surface area contributed by atoms with Gasteiger partial charge in [-0.05, 0) is 43.8 Å². The summed E-state index contributed by atoms with van der Waals surface area (Å²) in [6, 6.07) is 11.0. The monoisotopic (exact) mass is 349 g/mol. The third-order valence-electron chi connectivity index (χ3n) is 4.86. The highest BCUT2D eigenvalue weighted by atomic mass is 35.5. The molecule has 0 bridgehead atoms. The van der Waals surface area contributed by atoms with Gasteiger partial charge in [0, 0.05) is 12.5 Å². The Morgan fingerprint density at radius 1 is 1.12 bits per heavy atom. The molecule has 1 aromatic carbocycles. The summed E-state index contributed by atoms with van der Waals surface area (Å²) in [5, 5.41) is 7.55. The molecule has 3 atom stereocenters. The van der Waals surface area contributed by atoms with E-state index in [-0.39, 0.29) is 18.4 Å². The molecule has 2 saturated heterocycles. The standard InChI is InChI=1S/C17H23N5O.ClH/c1-2-4-12(5-3-1)6-7-16-19-17(23-22-16)15-10-14(20-21-15)13-8-9-18-11-13;/h1-5,13-15,18,20-21H,6-11H2;1H. The van der Waals surface area contributed by atoms with Crippen LogP contribution in [0.25, 0.3) is 0 Å². The second-order valence-corrected chi connectivity index (χ2v) is 6.47. The van der Waals surface area contributed by atoms with Crippen molar-refractivity contribution in [1.29, 1.82) is 0 Å². The van der Waals surface area contributed by atoms with E-state index < -0.39 is 0 Å². The summed E-state index contributed by atoms with van der Waals surface area (Å²) in [5.41, 5.74) is 8.01. The van der Waals surface area contributed by atoms with Crippen molar-refractivity contribution in [3.63, 3.8) is 0 Å². The number of hydrogen-bond acceptors (Lipinski definition) is 6. The van der Waals surface area contributed by atoms with Crippen LogP contribution in [0.5, 0.6) is 0 Å². The second-order valence-electron chi connectivity index (χ2n) is 6.47. The average Bonchev–Trinajstić information content (AvgIpc) is 3.33. The van der Waals surface area contributed by atoms with Crippen molar-refractivity contribution in [2.24, 2.45) is 5.92 Å². The van der Waals surface area contributed by atoms with Gasteiger partial charge in [0.15, 0.2) is 5.82 Å². The van der Waals surface area contributed by atoms with Crippen LogP contribution < -0.4 is 16.2 Å². The van der Waals surface area contributed by atoms with Gasteiger partial charge in [0.1, 0.15) is 6.04 Å². The number of rotatable bonds is 5. The number of nitrogens with one attached hydrogen (secondary N) is 3. The Labute approximate surface area is 148 Å². The van der Waals surface area contributed by atoms with E-state index in [1.165, 1.54) is 12.0 Å². The molecule has 0 aliphatic carbocycles. The molecule has 6 nitrogen and oxygen atoms in total. The van der Waals surface area contributed by atoms with Crippen LogP contribution in [-0.2, 0) is 12.8 Å². The maximum Gasteiger partial charge on any atom is 0.245 e. The van der Waals surface area contributed by atoms with Crippen molar-refractivity contribution in [1.82, 2.24) is 26.3 Å². The average molecular weight is 350 g/mol. The first-order valence-corrected chi connectivity index (χ1v) is 8.46. The van der Waals surface area contributed by atoms with Gasteiger partial charge < -0.3 is 9.84 Å². The molecular weight excluding hydrogens is 326 g/mol. The van der Waals surface area contributed by atoms with Crippen LogP contribution in [0, 0.1) is 5.92 Å². The second kappa shape index (κ2) is 8.07. The van der Waals surface area contributed by atoms with Gasteiger partial charge in [0.25, 0.3) is 0 Å². The van der Waals surface area contributed by atoms with Crippen molar-refractivity contribution < 1.29 is 4.52 Å². The summed E-state index contributed by atoms with van der Waals surface area (Å²) in [5.74, 6) is 2.18. The molecule has 130 valence electrons. The summed E-state index contributed by atoms with van der Waals surface area (Å²) in [6.45, 7) is 2.22. The lowest BCUT2D eigenvalue weighted by Gasteiger charge is -2.15. The van der Waals surface area contributed by atoms with Gasteiger partial charge in [-0.15, -0.1) is 12.4 Å². The van der Waals surface area contributed by atoms with E-state index in [9.17, 15) is 0 Å². The molecule has 24 heavy (non-hydrogen) atoms. The highest BCUT2D eigenvalue weighted by Gasteiger charge is 2.34. The van der Waals surface area contributed by atoms with Crippen LogP contribution in [0.2, 0.25) is 0 Å². The SMILES string of the molecule is Cl.c1ccc(CCc2noc(C3CC(C4CCNC4)NN3)n2)cc1. The van der Waals surface area contributed by atoms with Gasteiger partial charge >= 0.3 is 0 Å². The van der Waals surface area contributed by atoms with Gasteiger partial charge in [0.2, 0.25) is 5.89 Å². The maximum absolute atomic E-state index is 5.47. The molecule has 2 aliphatic heterocycles. The van der Waals surface area contributed by atoms with Crippen LogP contribution >= 0.6 is 12.4 Å².